The minimum absolute atomic E-state index is 0. The molecule has 4 rings (SSSR count). The lowest BCUT2D eigenvalue weighted by molar-refractivity contribution is 0.0906. The van der Waals surface area contributed by atoms with Gasteiger partial charge in [0.05, 0.1) is 13.2 Å². The predicted octanol–water partition coefficient (Wildman–Crippen LogP) is 3.67. The smallest absolute Gasteiger partial charge is 0.193 e. The SMILES string of the molecule is CN=C(NCc1ccc(CN2CCN(C)CC2)cc1)N1CCC(COCc2ccccc2)C1.I. The van der Waals surface area contributed by atoms with Crippen molar-refractivity contribution in [3.8, 4) is 0 Å². The van der Waals surface area contributed by atoms with Crippen molar-refractivity contribution in [2.75, 3.05) is 60.0 Å². The fraction of sp³-hybridized carbons (Fsp3) is 0.519. The molecule has 0 aliphatic carbocycles. The van der Waals surface area contributed by atoms with Crippen molar-refractivity contribution in [2.24, 2.45) is 10.9 Å². The molecule has 2 aromatic carbocycles. The third-order valence-corrected chi connectivity index (χ3v) is 6.74. The number of hydrogen-bond donors (Lipinski definition) is 1. The summed E-state index contributed by atoms with van der Waals surface area (Å²) in [5.74, 6) is 1.54. The highest BCUT2D eigenvalue weighted by atomic mass is 127. The Hall–Kier alpha value is -1.68. The Bertz CT molecular complexity index is 868. The highest BCUT2D eigenvalue weighted by molar-refractivity contribution is 14.0. The number of halogens is 1. The molecule has 1 atom stereocenters. The van der Waals surface area contributed by atoms with Crippen LogP contribution in [0.2, 0.25) is 0 Å². The van der Waals surface area contributed by atoms with Gasteiger partial charge in [-0.15, -0.1) is 24.0 Å². The lowest BCUT2D eigenvalue weighted by atomic mass is 10.1. The van der Waals surface area contributed by atoms with Gasteiger partial charge < -0.3 is 19.9 Å². The van der Waals surface area contributed by atoms with Crippen LogP contribution in [0.3, 0.4) is 0 Å². The molecule has 0 spiro atoms. The molecule has 1 N–H and O–H groups in total. The van der Waals surface area contributed by atoms with Crippen molar-refractivity contribution in [3.63, 3.8) is 0 Å². The summed E-state index contributed by atoms with van der Waals surface area (Å²) in [7, 11) is 4.08. The van der Waals surface area contributed by atoms with E-state index in [9.17, 15) is 0 Å². The van der Waals surface area contributed by atoms with Gasteiger partial charge in [-0.3, -0.25) is 9.89 Å². The lowest BCUT2D eigenvalue weighted by Crippen LogP contribution is -2.43. The Morgan fingerprint density at radius 1 is 0.941 bits per heavy atom. The standard InChI is InChI=1S/C27H39N5O.HI/c1-28-27(32-13-12-26(20-32)22-33-21-25-6-4-3-5-7-25)29-18-23-8-10-24(11-9-23)19-31-16-14-30(2)15-17-31;/h3-11,26H,12-22H2,1-2H3,(H,28,29);1H. The van der Waals surface area contributed by atoms with Crippen molar-refractivity contribution >= 4 is 29.9 Å². The molecule has 2 saturated heterocycles. The molecule has 0 aromatic heterocycles. The van der Waals surface area contributed by atoms with Gasteiger partial charge in [-0.2, -0.15) is 0 Å². The number of nitrogens with zero attached hydrogens (tertiary/aromatic N) is 4. The third kappa shape index (κ3) is 8.22. The highest BCUT2D eigenvalue weighted by Gasteiger charge is 2.25. The van der Waals surface area contributed by atoms with Crippen LogP contribution in [0.15, 0.2) is 59.6 Å². The van der Waals surface area contributed by atoms with E-state index in [1.165, 1.54) is 16.7 Å². The van der Waals surface area contributed by atoms with E-state index in [0.29, 0.717) is 12.5 Å². The maximum Gasteiger partial charge on any atom is 0.193 e. The first kappa shape index (κ1) is 26.9. The number of nitrogens with one attached hydrogen (secondary N) is 1. The van der Waals surface area contributed by atoms with Gasteiger partial charge in [0.2, 0.25) is 0 Å². The molecule has 0 radical (unpaired) electrons. The van der Waals surface area contributed by atoms with Crippen LogP contribution in [0.1, 0.15) is 23.1 Å². The van der Waals surface area contributed by atoms with Crippen LogP contribution in [-0.2, 0) is 24.4 Å². The third-order valence-electron chi connectivity index (χ3n) is 6.74. The summed E-state index contributed by atoms with van der Waals surface area (Å²) in [4.78, 5) is 11.8. The molecule has 7 heteroatoms. The van der Waals surface area contributed by atoms with E-state index in [0.717, 1.165) is 71.3 Å². The van der Waals surface area contributed by atoms with Crippen molar-refractivity contribution in [2.45, 2.75) is 26.1 Å². The number of benzene rings is 2. The van der Waals surface area contributed by atoms with E-state index in [-0.39, 0.29) is 24.0 Å². The number of aliphatic imine (C=N–C) groups is 1. The van der Waals surface area contributed by atoms with Gasteiger partial charge in [0, 0.05) is 65.3 Å². The van der Waals surface area contributed by atoms with E-state index in [1.54, 1.807) is 0 Å². The van der Waals surface area contributed by atoms with Gasteiger partial charge in [-0.25, -0.2) is 0 Å². The van der Waals surface area contributed by atoms with Gasteiger partial charge in [0.15, 0.2) is 5.96 Å². The largest absolute Gasteiger partial charge is 0.376 e. The molecule has 0 amide bonds. The monoisotopic (exact) mass is 577 g/mol. The summed E-state index contributed by atoms with van der Waals surface area (Å²) in [6, 6.07) is 19.4. The molecule has 2 fully saturated rings. The van der Waals surface area contributed by atoms with E-state index in [4.69, 9.17) is 4.74 Å². The predicted molar refractivity (Wildman–Crippen MR) is 151 cm³/mol. The van der Waals surface area contributed by atoms with Gasteiger partial charge in [-0.1, -0.05) is 54.6 Å². The number of guanidine groups is 1. The number of rotatable bonds is 8. The summed E-state index contributed by atoms with van der Waals surface area (Å²) in [6.07, 6.45) is 1.15. The Labute approximate surface area is 222 Å². The highest BCUT2D eigenvalue weighted by Crippen LogP contribution is 2.18. The minimum atomic E-state index is 0. The molecule has 6 nitrogen and oxygen atoms in total. The second-order valence-electron chi connectivity index (χ2n) is 9.40. The maximum atomic E-state index is 5.97. The van der Waals surface area contributed by atoms with Crippen molar-refractivity contribution in [1.29, 1.82) is 0 Å². The van der Waals surface area contributed by atoms with Crippen LogP contribution in [-0.4, -0.2) is 80.6 Å². The molecule has 0 bridgehead atoms. The van der Waals surface area contributed by atoms with Gasteiger partial charge >= 0.3 is 0 Å². The number of piperazine rings is 1. The summed E-state index contributed by atoms with van der Waals surface area (Å²) in [5, 5.41) is 3.56. The number of likely N-dealkylation sites (N-methyl/N-ethyl adjacent to an activating group) is 1. The van der Waals surface area contributed by atoms with Crippen LogP contribution in [0.25, 0.3) is 0 Å². The molecule has 186 valence electrons. The van der Waals surface area contributed by atoms with E-state index >= 15 is 0 Å². The van der Waals surface area contributed by atoms with Gasteiger partial charge in [-0.05, 0) is 30.2 Å². The zero-order valence-electron chi connectivity index (χ0n) is 20.7. The molecule has 1 unspecified atom stereocenters. The van der Waals surface area contributed by atoms with Crippen molar-refractivity contribution in [1.82, 2.24) is 20.0 Å². The molecule has 2 aliphatic heterocycles. The second-order valence-corrected chi connectivity index (χ2v) is 9.40. The Morgan fingerprint density at radius 3 is 2.35 bits per heavy atom. The average molecular weight is 578 g/mol. The molecule has 2 aromatic rings. The maximum absolute atomic E-state index is 5.97. The average Bonchev–Trinajstić information content (AvgIpc) is 3.31. The molecule has 0 saturated carbocycles. The van der Waals surface area contributed by atoms with Gasteiger partial charge in [0.1, 0.15) is 0 Å². The van der Waals surface area contributed by atoms with Crippen LogP contribution in [0, 0.1) is 5.92 Å². The quantitative estimate of drug-likeness (QED) is 0.295. The number of ether oxygens (including phenoxy) is 1. The van der Waals surface area contributed by atoms with E-state index in [2.05, 4.69) is 80.6 Å². The fourth-order valence-corrected chi connectivity index (χ4v) is 4.62. The first-order valence-electron chi connectivity index (χ1n) is 12.3. The first-order valence-corrected chi connectivity index (χ1v) is 12.3. The molecule has 34 heavy (non-hydrogen) atoms. The van der Waals surface area contributed by atoms with Crippen LogP contribution in [0.4, 0.5) is 0 Å². The lowest BCUT2D eigenvalue weighted by Gasteiger charge is -2.32. The van der Waals surface area contributed by atoms with Crippen molar-refractivity contribution < 1.29 is 4.74 Å². The molecule has 2 aliphatic rings. The molecular formula is C27H40IN5O. The fourth-order valence-electron chi connectivity index (χ4n) is 4.62. The molecule has 2 heterocycles. The van der Waals surface area contributed by atoms with Crippen molar-refractivity contribution in [3.05, 3.63) is 71.3 Å². The number of hydrogen-bond acceptors (Lipinski definition) is 4. The van der Waals surface area contributed by atoms with E-state index < -0.39 is 0 Å². The summed E-state index contributed by atoms with van der Waals surface area (Å²) < 4.78 is 5.97. The Kier molecular flexibility index (Phi) is 11.1. The summed E-state index contributed by atoms with van der Waals surface area (Å²) in [6.45, 7) is 10.0. The number of likely N-dealkylation sites (tertiary alicyclic amines) is 1. The van der Waals surface area contributed by atoms with Gasteiger partial charge in [0.25, 0.3) is 0 Å². The van der Waals surface area contributed by atoms with E-state index in [1.807, 2.05) is 13.1 Å². The zero-order valence-corrected chi connectivity index (χ0v) is 23.0. The van der Waals surface area contributed by atoms with Crippen LogP contribution >= 0.6 is 24.0 Å². The topological polar surface area (TPSA) is 43.3 Å². The Balaban J connectivity index is 0.00000324. The summed E-state index contributed by atoms with van der Waals surface area (Å²) >= 11 is 0. The second kappa shape index (κ2) is 14.0. The first-order chi connectivity index (χ1) is 16.2. The van der Waals surface area contributed by atoms with Crippen LogP contribution in [0.5, 0.6) is 0 Å². The normalized spacial score (nSPS) is 19.8. The minimum Gasteiger partial charge on any atom is -0.376 e. The molecular weight excluding hydrogens is 537 g/mol. The zero-order chi connectivity index (χ0) is 22.9. The van der Waals surface area contributed by atoms with Crippen LogP contribution < -0.4 is 5.32 Å². The summed E-state index contributed by atoms with van der Waals surface area (Å²) in [5.41, 5.74) is 3.92. The Morgan fingerprint density at radius 2 is 1.65 bits per heavy atom.